The number of Topliss-reactive ketones (excluding diaryl/α,β-unsaturated/α-hetero) is 1. The molecule has 0 unspecified atom stereocenters. The molecule has 2 aromatic rings. The summed E-state index contributed by atoms with van der Waals surface area (Å²) in [4.78, 5) is 34.1. The van der Waals surface area contributed by atoms with E-state index in [1.165, 1.54) is 18.2 Å². The van der Waals surface area contributed by atoms with Crippen LogP contribution in [-0.2, 0) is 4.74 Å². The molecule has 0 radical (unpaired) electrons. The van der Waals surface area contributed by atoms with Gasteiger partial charge < -0.3 is 9.47 Å². The maximum absolute atomic E-state index is 12.1. The smallest absolute Gasteiger partial charge is 0.387 e. The Labute approximate surface area is 150 Å². The van der Waals surface area contributed by atoms with E-state index in [0.29, 0.717) is 0 Å². The summed E-state index contributed by atoms with van der Waals surface area (Å²) in [6, 6.07) is 8.09. The molecular formula is C16H10ClF2NO6. The molecule has 0 saturated carbocycles. The highest BCUT2D eigenvalue weighted by Crippen LogP contribution is 2.23. The van der Waals surface area contributed by atoms with Crippen molar-refractivity contribution in [3.8, 4) is 5.75 Å². The summed E-state index contributed by atoms with van der Waals surface area (Å²) in [7, 11) is 0. The Morgan fingerprint density at radius 3 is 2.38 bits per heavy atom. The van der Waals surface area contributed by atoms with Gasteiger partial charge in [0.1, 0.15) is 11.3 Å². The average molecular weight is 386 g/mol. The normalized spacial score (nSPS) is 10.5. The van der Waals surface area contributed by atoms with E-state index >= 15 is 0 Å². The molecule has 7 nitrogen and oxygen atoms in total. The van der Waals surface area contributed by atoms with Gasteiger partial charge in [-0.3, -0.25) is 14.9 Å². The van der Waals surface area contributed by atoms with Gasteiger partial charge in [-0.15, -0.1) is 0 Å². The largest absolute Gasteiger partial charge is 0.454 e. The molecule has 0 saturated heterocycles. The van der Waals surface area contributed by atoms with Gasteiger partial charge in [0.2, 0.25) is 0 Å². The van der Waals surface area contributed by atoms with Crippen LogP contribution in [-0.4, -0.2) is 29.9 Å². The van der Waals surface area contributed by atoms with E-state index in [0.717, 1.165) is 24.3 Å². The van der Waals surface area contributed by atoms with Gasteiger partial charge in [-0.1, -0.05) is 11.6 Å². The van der Waals surface area contributed by atoms with Crippen LogP contribution < -0.4 is 4.74 Å². The molecule has 0 N–H and O–H groups in total. The maximum atomic E-state index is 12.1. The van der Waals surface area contributed by atoms with Crippen LogP contribution in [0.4, 0.5) is 14.5 Å². The lowest BCUT2D eigenvalue weighted by atomic mass is 10.1. The van der Waals surface area contributed by atoms with Crippen molar-refractivity contribution in [1.29, 1.82) is 0 Å². The van der Waals surface area contributed by atoms with Gasteiger partial charge >= 0.3 is 12.6 Å². The second kappa shape index (κ2) is 8.34. The number of nitro benzene ring substituents is 1. The molecule has 0 aliphatic heterocycles. The molecule has 10 heteroatoms. The number of carbonyl (C=O) groups is 2. The molecule has 0 atom stereocenters. The molecule has 0 aliphatic carbocycles. The minimum absolute atomic E-state index is 0.0833. The van der Waals surface area contributed by atoms with Gasteiger partial charge in [0.05, 0.1) is 4.92 Å². The Hall–Kier alpha value is -3.07. The highest BCUT2D eigenvalue weighted by Gasteiger charge is 2.22. The van der Waals surface area contributed by atoms with Crippen LogP contribution in [0.3, 0.4) is 0 Å². The first kappa shape index (κ1) is 19.3. The Bertz CT molecular complexity index is 841. The van der Waals surface area contributed by atoms with E-state index in [9.17, 15) is 28.5 Å². The number of ether oxygens (including phenoxy) is 2. The molecule has 2 rings (SSSR count). The number of nitrogens with zero attached hydrogens (tertiary/aromatic N) is 1. The van der Waals surface area contributed by atoms with Gasteiger partial charge in [0.25, 0.3) is 5.69 Å². The summed E-state index contributed by atoms with van der Waals surface area (Å²) in [5.74, 6) is -1.86. The van der Waals surface area contributed by atoms with Crippen LogP contribution >= 0.6 is 11.6 Å². The molecule has 0 aromatic heterocycles. The first-order valence-corrected chi connectivity index (χ1v) is 7.35. The Morgan fingerprint density at radius 1 is 1.15 bits per heavy atom. The van der Waals surface area contributed by atoms with Gasteiger partial charge in [0.15, 0.2) is 12.4 Å². The number of nitro groups is 1. The molecule has 0 fully saturated rings. The highest BCUT2D eigenvalue weighted by molar-refractivity contribution is 6.31. The van der Waals surface area contributed by atoms with Crippen LogP contribution in [0.25, 0.3) is 0 Å². The molecule has 0 spiro atoms. The van der Waals surface area contributed by atoms with E-state index in [4.69, 9.17) is 16.3 Å². The van der Waals surface area contributed by atoms with Gasteiger partial charge in [-0.05, 0) is 36.4 Å². The number of esters is 1. The fourth-order valence-electron chi connectivity index (χ4n) is 1.95. The van der Waals surface area contributed by atoms with Crippen LogP contribution in [0, 0.1) is 10.1 Å². The van der Waals surface area contributed by atoms with Crippen molar-refractivity contribution < 1.29 is 32.8 Å². The van der Waals surface area contributed by atoms with Gasteiger partial charge in [0, 0.05) is 16.7 Å². The standard InChI is InChI=1S/C16H10ClF2NO6/c17-10-3-6-13(20(23)24)12(7-10)15(22)25-8-14(21)9-1-4-11(5-2-9)26-16(18)19/h1-7,16H,8H2. The Kier molecular flexibility index (Phi) is 6.18. The first-order chi connectivity index (χ1) is 12.3. The summed E-state index contributed by atoms with van der Waals surface area (Å²) >= 11 is 5.71. The van der Waals surface area contributed by atoms with E-state index in [1.807, 2.05) is 0 Å². The monoisotopic (exact) mass is 385 g/mol. The molecule has 0 heterocycles. The number of ketones is 1. The summed E-state index contributed by atoms with van der Waals surface area (Å²) < 4.78 is 33.1. The number of carbonyl (C=O) groups excluding carboxylic acids is 2. The van der Waals surface area contributed by atoms with Crippen LogP contribution in [0.1, 0.15) is 20.7 Å². The zero-order chi connectivity index (χ0) is 19.3. The summed E-state index contributed by atoms with van der Waals surface area (Å²) in [5, 5.41) is 11.0. The number of halogens is 3. The summed E-state index contributed by atoms with van der Waals surface area (Å²) in [5.41, 5.74) is -0.823. The van der Waals surface area contributed by atoms with Crippen LogP contribution in [0.5, 0.6) is 5.75 Å². The van der Waals surface area contributed by atoms with Crippen LogP contribution in [0.2, 0.25) is 5.02 Å². The highest BCUT2D eigenvalue weighted by atomic mass is 35.5. The predicted molar refractivity (Wildman–Crippen MR) is 85.8 cm³/mol. The minimum Gasteiger partial charge on any atom is -0.454 e. The molecular weight excluding hydrogens is 376 g/mol. The van der Waals surface area contributed by atoms with Crippen molar-refractivity contribution in [1.82, 2.24) is 0 Å². The molecule has 2 aromatic carbocycles. The van der Waals surface area contributed by atoms with Crippen molar-refractivity contribution in [2.75, 3.05) is 6.61 Å². The first-order valence-electron chi connectivity index (χ1n) is 6.97. The second-order valence-electron chi connectivity index (χ2n) is 4.82. The average Bonchev–Trinajstić information content (AvgIpc) is 2.59. The third-order valence-corrected chi connectivity index (χ3v) is 3.35. The molecule has 0 aliphatic rings. The van der Waals surface area contributed by atoms with Crippen molar-refractivity contribution >= 4 is 29.0 Å². The zero-order valence-electron chi connectivity index (χ0n) is 12.9. The van der Waals surface area contributed by atoms with E-state index in [-0.39, 0.29) is 16.3 Å². The number of hydrogen-bond donors (Lipinski definition) is 0. The zero-order valence-corrected chi connectivity index (χ0v) is 13.6. The Balaban J connectivity index is 2.04. The molecule has 0 bridgehead atoms. The molecule has 26 heavy (non-hydrogen) atoms. The SMILES string of the molecule is O=C(COC(=O)c1cc(Cl)ccc1[N+](=O)[O-])c1ccc(OC(F)F)cc1. The summed E-state index contributed by atoms with van der Waals surface area (Å²) in [6.45, 7) is -3.69. The van der Waals surface area contributed by atoms with E-state index in [1.54, 1.807) is 0 Å². The number of benzene rings is 2. The lowest BCUT2D eigenvalue weighted by Gasteiger charge is -2.07. The quantitative estimate of drug-likeness (QED) is 0.310. The number of hydrogen-bond acceptors (Lipinski definition) is 6. The fourth-order valence-corrected chi connectivity index (χ4v) is 2.12. The lowest BCUT2D eigenvalue weighted by Crippen LogP contribution is -2.15. The Morgan fingerprint density at radius 2 is 1.81 bits per heavy atom. The lowest BCUT2D eigenvalue weighted by molar-refractivity contribution is -0.385. The van der Waals surface area contributed by atoms with E-state index < -0.39 is 41.1 Å². The predicted octanol–water partition coefficient (Wildman–Crippen LogP) is 3.89. The number of rotatable bonds is 7. The fraction of sp³-hybridized carbons (Fsp3) is 0.125. The van der Waals surface area contributed by atoms with Crippen molar-refractivity contribution in [3.05, 3.63) is 68.7 Å². The van der Waals surface area contributed by atoms with Crippen molar-refractivity contribution in [2.24, 2.45) is 0 Å². The van der Waals surface area contributed by atoms with Gasteiger partial charge in [-0.2, -0.15) is 8.78 Å². The second-order valence-corrected chi connectivity index (χ2v) is 5.26. The van der Waals surface area contributed by atoms with Crippen molar-refractivity contribution in [3.63, 3.8) is 0 Å². The third-order valence-electron chi connectivity index (χ3n) is 3.11. The van der Waals surface area contributed by atoms with Crippen molar-refractivity contribution in [2.45, 2.75) is 6.61 Å². The maximum Gasteiger partial charge on any atom is 0.387 e. The topological polar surface area (TPSA) is 95.7 Å². The minimum atomic E-state index is -2.99. The summed E-state index contributed by atoms with van der Waals surface area (Å²) in [6.07, 6.45) is 0. The van der Waals surface area contributed by atoms with Crippen LogP contribution in [0.15, 0.2) is 42.5 Å². The van der Waals surface area contributed by atoms with Gasteiger partial charge in [-0.25, -0.2) is 4.79 Å². The molecule has 136 valence electrons. The number of alkyl halides is 2. The molecule has 0 amide bonds. The van der Waals surface area contributed by atoms with E-state index in [2.05, 4.69) is 4.74 Å². The third kappa shape index (κ3) is 4.96.